The predicted molar refractivity (Wildman–Crippen MR) is 67.6 cm³/mol. The monoisotopic (exact) mass is 238 g/mol. The second kappa shape index (κ2) is 6.48. The summed E-state index contributed by atoms with van der Waals surface area (Å²) in [6.07, 6.45) is 9.19. The highest BCUT2D eigenvalue weighted by Crippen LogP contribution is 2.38. The zero-order valence-corrected chi connectivity index (χ0v) is 10.9. The molecule has 1 saturated carbocycles. The first kappa shape index (κ1) is 13.8. The minimum Gasteiger partial charge on any atom is -0.498 e. The second-order valence-electron chi connectivity index (χ2n) is 4.64. The minimum atomic E-state index is -0.925. The molecule has 2 atom stereocenters. The van der Waals surface area contributed by atoms with Gasteiger partial charge in [0, 0.05) is 0 Å². The average molecular weight is 238 g/mol. The molecule has 0 aromatic rings. The van der Waals surface area contributed by atoms with Crippen LogP contribution >= 0.6 is 0 Å². The third kappa shape index (κ3) is 4.25. The molecule has 2 aliphatic carbocycles. The molecule has 2 bridgehead atoms. The Hall–Kier alpha value is -1.25. The number of fused-ring (bicyclic) bond motifs is 2. The number of allylic oxidation sites excluding steroid dienone is 3. The summed E-state index contributed by atoms with van der Waals surface area (Å²) < 4.78 is 4.96. The van der Waals surface area contributed by atoms with Crippen molar-refractivity contribution in [1.82, 2.24) is 0 Å². The van der Waals surface area contributed by atoms with E-state index in [4.69, 9.17) is 9.84 Å². The Labute approximate surface area is 103 Å². The average Bonchev–Trinajstić information content (AvgIpc) is 2.93. The van der Waals surface area contributed by atoms with Crippen molar-refractivity contribution in [3.63, 3.8) is 0 Å². The van der Waals surface area contributed by atoms with Crippen molar-refractivity contribution >= 4 is 5.97 Å². The standard InChI is InChI=1S/C7H12O3.C7H10/c1-4-10-6(3)5(2)7(8)9;1-2-7-4-3-6(1)5-7/h4H2,1-3H3,(H,8,9);1-2,6-7H,3-5H2. The number of hydrogen-bond acceptors (Lipinski definition) is 2. The fourth-order valence-electron chi connectivity index (χ4n) is 2.19. The van der Waals surface area contributed by atoms with Crippen LogP contribution in [0.2, 0.25) is 0 Å². The van der Waals surface area contributed by atoms with Crippen molar-refractivity contribution in [1.29, 1.82) is 0 Å². The maximum atomic E-state index is 10.3. The topological polar surface area (TPSA) is 46.5 Å². The molecule has 1 N–H and O–H groups in total. The predicted octanol–water partition coefficient (Wildman–Crippen LogP) is 3.37. The fourth-order valence-corrected chi connectivity index (χ4v) is 2.19. The smallest absolute Gasteiger partial charge is 0.334 e. The number of ether oxygens (including phenoxy) is 1. The van der Waals surface area contributed by atoms with Crippen LogP contribution in [0.25, 0.3) is 0 Å². The molecule has 0 amide bonds. The van der Waals surface area contributed by atoms with Crippen molar-refractivity contribution in [3.05, 3.63) is 23.5 Å². The molecule has 3 heteroatoms. The zero-order chi connectivity index (χ0) is 12.8. The van der Waals surface area contributed by atoms with Crippen LogP contribution in [-0.2, 0) is 9.53 Å². The maximum absolute atomic E-state index is 10.3. The van der Waals surface area contributed by atoms with E-state index in [1.54, 1.807) is 6.92 Å². The number of carbonyl (C=O) groups is 1. The number of hydrogen-bond donors (Lipinski definition) is 1. The summed E-state index contributed by atoms with van der Waals surface area (Å²) in [5.74, 6) is 1.54. The lowest BCUT2D eigenvalue weighted by Gasteiger charge is -2.03. The van der Waals surface area contributed by atoms with E-state index in [9.17, 15) is 4.79 Å². The maximum Gasteiger partial charge on any atom is 0.334 e. The van der Waals surface area contributed by atoms with E-state index in [1.807, 2.05) is 6.92 Å². The Morgan fingerprint density at radius 2 is 1.82 bits per heavy atom. The van der Waals surface area contributed by atoms with Gasteiger partial charge in [0.2, 0.25) is 0 Å². The van der Waals surface area contributed by atoms with Gasteiger partial charge in [-0.3, -0.25) is 0 Å². The van der Waals surface area contributed by atoms with Crippen molar-refractivity contribution < 1.29 is 14.6 Å². The van der Waals surface area contributed by atoms with Gasteiger partial charge in [-0.1, -0.05) is 12.2 Å². The Bertz CT molecular complexity index is 316. The van der Waals surface area contributed by atoms with Crippen LogP contribution in [0.15, 0.2) is 23.5 Å². The molecule has 2 rings (SSSR count). The molecule has 0 aromatic heterocycles. The molecular formula is C14H22O3. The third-order valence-corrected chi connectivity index (χ3v) is 3.38. The SMILES string of the molecule is C1=CC2CCC1C2.CCOC(C)=C(C)C(=O)O. The Morgan fingerprint density at radius 1 is 1.29 bits per heavy atom. The van der Waals surface area contributed by atoms with Crippen LogP contribution in [0, 0.1) is 11.8 Å². The Kier molecular flexibility index (Phi) is 5.26. The van der Waals surface area contributed by atoms with E-state index in [0.29, 0.717) is 12.4 Å². The molecule has 3 nitrogen and oxygen atoms in total. The molecule has 96 valence electrons. The summed E-state index contributed by atoms with van der Waals surface area (Å²) in [6.45, 7) is 5.50. The van der Waals surface area contributed by atoms with Crippen LogP contribution in [0.1, 0.15) is 40.0 Å². The summed E-state index contributed by atoms with van der Waals surface area (Å²) in [5, 5.41) is 8.44. The van der Waals surface area contributed by atoms with E-state index in [0.717, 1.165) is 11.8 Å². The largest absolute Gasteiger partial charge is 0.498 e. The molecule has 1 fully saturated rings. The zero-order valence-electron chi connectivity index (χ0n) is 10.9. The van der Waals surface area contributed by atoms with E-state index in [-0.39, 0.29) is 5.57 Å². The van der Waals surface area contributed by atoms with Crippen molar-refractivity contribution in [3.8, 4) is 0 Å². The first-order valence-electron chi connectivity index (χ1n) is 6.26. The van der Waals surface area contributed by atoms with Crippen molar-refractivity contribution in [2.24, 2.45) is 11.8 Å². The highest BCUT2D eigenvalue weighted by Gasteiger charge is 2.25. The van der Waals surface area contributed by atoms with Gasteiger partial charge in [0.05, 0.1) is 12.2 Å². The Morgan fingerprint density at radius 3 is 2.06 bits per heavy atom. The van der Waals surface area contributed by atoms with Crippen LogP contribution < -0.4 is 0 Å². The molecule has 0 heterocycles. The van der Waals surface area contributed by atoms with Gasteiger partial charge >= 0.3 is 5.97 Å². The molecule has 0 saturated heterocycles. The highest BCUT2D eigenvalue weighted by molar-refractivity contribution is 5.86. The number of carboxylic acid groups (broad SMARTS) is 1. The Balaban J connectivity index is 0.000000177. The lowest BCUT2D eigenvalue weighted by Crippen LogP contribution is -2.01. The van der Waals surface area contributed by atoms with Crippen molar-refractivity contribution in [2.45, 2.75) is 40.0 Å². The van der Waals surface area contributed by atoms with Gasteiger partial charge in [0.15, 0.2) is 0 Å². The summed E-state index contributed by atoms with van der Waals surface area (Å²) >= 11 is 0. The van der Waals surface area contributed by atoms with Gasteiger partial charge in [-0.15, -0.1) is 0 Å². The molecule has 2 unspecified atom stereocenters. The van der Waals surface area contributed by atoms with Gasteiger partial charge in [-0.05, 0) is 51.9 Å². The van der Waals surface area contributed by atoms with Crippen molar-refractivity contribution in [2.75, 3.05) is 6.61 Å². The number of rotatable bonds is 3. The molecule has 0 aliphatic heterocycles. The van der Waals surface area contributed by atoms with E-state index in [1.165, 1.54) is 26.2 Å². The summed E-state index contributed by atoms with van der Waals surface area (Å²) in [6, 6.07) is 0. The first-order chi connectivity index (χ1) is 8.04. The molecule has 17 heavy (non-hydrogen) atoms. The quantitative estimate of drug-likeness (QED) is 0.466. The van der Waals surface area contributed by atoms with E-state index < -0.39 is 5.97 Å². The van der Waals surface area contributed by atoms with Gasteiger partial charge in [-0.2, -0.15) is 0 Å². The number of carboxylic acids is 1. The van der Waals surface area contributed by atoms with Gasteiger partial charge in [0.25, 0.3) is 0 Å². The number of aliphatic carboxylic acids is 1. The van der Waals surface area contributed by atoms with E-state index >= 15 is 0 Å². The highest BCUT2D eigenvalue weighted by atomic mass is 16.5. The normalized spacial score (nSPS) is 26.1. The van der Waals surface area contributed by atoms with E-state index in [2.05, 4.69) is 12.2 Å². The van der Waals surface area contributed by atoms with Gasteiger partial charge in [0.1, 0.15) is 5.76 Å². The van der Waals surface area contributed by atoms with Crippen LogP contribution in [0.4, 0.5) is 0 Å². The lowest BCUT2D eigenvalue weighted by molar-refractivity contribution is -0.132. The van der Waals surface area contributed by atoms with Gasteiger partial charge in [-0.25, -0.2) is 4.79 Å². The van der Waals surface area contributed by atoms with Crippen LogP contribution in [0.3, 0.4) is 0 Å². The molecule has 0 aromatic carbocycles. The lowest BCUT2D eigenvalue weighted by atomic mass is 10.1. The summed E-state index contributed by atoms with van der Waals surface area (Å²) in [4.78, 5) is 10.3. The minimum absolute atomic E-state index is 0.266. The second-order valence-corrected chi connectivity index (χ2v) is 4.64. The van der Waals surface area contributed by atoms with Crippen LogP contribution in [0.5, 0.6) is 0 Å². The van der Waals surface area contributed by atoms with Crippen LogP contribution in [-0.4, -0.2) is 17.7 Å². The fraction of sp³-hybridized carbons (Fsp3) is 0.643. The van der Waals surface area contributed by atoms with Gasteiger partial charge < -0.3 is 9.84 Å². The summed E-state index contributed by atoms with van der Waals surface area (Å²) in [7, 11) is 0. The molecular weight excluding hydrogens is 216 g/mol. The molecule has 0 spiro atoms. The molecule has 2 aliphatic rings. The summed E-state index contributed by atoms with van der Waals surface area (Å²) in [5.41, 5.74) is 0.266. The first-order valence-corrected chi connectivity index (χ1v) is 6.26. The third-order valence-electron chi connectivity index (χ3n) is 3.38. The molecule has 0 radical (unpaired) electrons.